The molecule has 2 N–H and O–H groups in total. The molecule has 3 aliphatic rings. The van der Waals surface area contributed by atoms with Crippen LogP contribution in [0.5, 0.6) is 0 Å². The summed E-state index contributed by atoms with van der Waals surface area (Å²) in [5.41, 5.74) is 5.79. The van der Waals surface area contributed by atoms with Crippen molar-refractivity contribution in [2.75, 3.05) is 32.7 Å². The van der Waals surface area contributed by atoms with E-state index in [1.54, 1.807) is 5.56 Å². The fourth-order valence-electron chi connectivity index (χ4n) is 5.29. The first-order chi connectivity index (χ1) is 12.7. The molecule has 1 unspecified atom stereocenters. The van der Waals surface area contributed by atoms with Crippen molar-refractivity contribution in [3.8, 4) is 0 Å². The van der Waals surface area contributed by atoms with Crippen molar-refractivity contribution in [2.24, 2.45) is 5.92 Å². The van der Waals surface area contributed by atoms with Crippen LogP contribution in [0.4, 0.5) is 5.69 Å². The molecule has 3 atom stereocenters. The molecule has 0 bridgehead atoms. The molecular weight excluding hydrogens is 322 g/mol. The monoisotopic (exact) mass is 354 g/mol. The van der Waals surface area contributed by atoms with Crippen molar-refractivity contribution in [2.45, 2.75) is 45.6 Å². The van der Waals surface area contributed by atoms with E-state index in [4.69, 9.17) is 0 Å². The zero-order valence-electron chi connectivity index (χ0n) is 16.4. The number of carbonyl (C=O) groups excluding carboxylic acids is 1. The second kappa shape index (κ2) is 7.16. The topological polar surface area (TPSA) is 40.2 Å². The van der Waals surface area contributed by atoms with Crippen molar-refractivity contribution in [3.63, 3.8) is 0 Å². The number of fused-ring (bicyclic) bond motifs is 2. The Labute approximate surface area is 157 Å². The molecule has 0 saturated carbocycles. The fraction of sp³-hybridized carbons (Fsp3) is 0.591. The van der Waals surface area contributed by atoms with Gasteiger partial charge in [-0.25, -0.2) is 0 Å². The maximum atomic E-state index is 13.1. The second-order valence-electron chi connectivity index (χ2n) is 7.93. The van der Waals surface area contributed by atoms with Gasteiger partial charge < -0.3 is 10.2 Å². The van der Waals surface area contributed by atoms with E-state index in [1.165, 1.54) is 29.8 Å². The van der Waals surface area contributed by atoms with Crippen LogP contribution in [0.15, 0.2) is 24.3 Å². The van der Waals surface area contributed by atoms with Crippen LogP contribution in [-0.4, -0.2) is 54.5 Å². The number of rotatable bonds is 5. The van der Waals surface area contributed by atoms with Crippen molar-refractivity contribution >= 4 is 17.2 Å². The van der Waals surface area contributed by atoms with Crippen LogP contribution >= 0.6 is 0 Å². The van der Waals surface area contributed by atoms with Crippen LogP contribution in [0.3, 0.4) is 0 Å². The molecule has 0 saturated heterocycles. The summed E-state index contributed by atoms with van der Waals surface area (Å²) >= 11 is 0. The summed E-state index contributed by atoms with van der Waals surface area (Å²) in [6.45, 7) is 11.1. The largest absolute Gasteiger partial charge is 0.343 e. The lowest BCUT2D eigenvalue weighted by Gasteiger charge is -2.43. The van der Waals surface area contributed by atoms with Gasteiger partial charge >= 0.3 is 0 Å². The molecule has 0 radical (unpaired) electrons. The predicted molar refractivity (Wildman–Crippen MR) is 105 cm³/mol. The summed E-state index contributed by atoms with van der Waals surface area (Å²) in [5, 5.41) is 2.41. The van der Waals surface area contributed by atoms with Gasteiger partial charge in [-0.05, 0) is 50.4 Å². The van der Waals surface area contributed by atoms with E-state index in [0.717, 1.165) is 32.6 Å². The van der Waals surface area contributed by atoms with Crippen molar-refractivity contribution in [1.82, 2.24) is 9.80 Å². The summed E-state index contributed by atoms with van der Waals surface area (Å²) in [5.74, 6) is 0.951. The highest BCUT2D eigenvalue weighted by atomic mass is 16.2. The molecule has 2 aliphatic heterocycles. The van der Waals surface area contributed by atoms with Crippen molar-refractivity contribution in [3.05, 3.63) is 35.4 Å². The van der Waals surface area contributed by atoms with Gasteiger partial charge in [0, 0.05) is 37.2 Å². The fourth-order valence-corrected chi connectivity index (χ4v) is 5.29. The molecule has 0 aromatic heterocycles. The quantitative estimate of drug-likeness (QED) is 0.825. The summed E-state index contributed by atoms with van der Waals surface area (Å²) in [4.78, 5) is 17.7. The molecule has 1 aliphatic carbocycles. The number of hydrogen-bond acceptors (Lipinski definition) is 2. The molecule has 4 rings (SSSR count). The lowest BCUT2D eigenvalue weighted by atomic mass is 9.74. The molecule has 4 nitrogen and oxygen atoms in total. The SMILES string of the molecule is CCCN1C[C@H](C(=O)N(CC)CC)C=C2c3cccc4c3C(C[NH2+]4)C[C@H]21. The normalized spacial score (nSPS) is 26.9. The van der Waals surface area contributed by atoms with Crippen LogP contribution < -0.4 is 5.32 Å². The highest BCUT2D eigenvalue weighted by molar-refractivity contribution is 5.87. The smallest absolute Gasteiger partial charge is 0.230 e. The van der Waals surface area contributed by atoms with Crippen LogP contribution in [0.2, 0.25) is 0 Å². The van der Waals surface area contributed by atoms with Gasteiger partial charge in [-0.15, -0.1) is 0 Å². The van der Waals surface area contributed by atoms with Gasteiger partial charge in [0.25, 0.3) is 0 Å². The minimum Gasteiger partial charge on any atom is -0.343 e. The van der Waals surface area contributed by atoms with E-state index >= 15 is 0 Å². The van der Waals surface area contributed by atoms with E-state index in [-0.39, 0.29) is 5.92 Å². The summed E-state index contributed by atoms with van der Waals surface area (Å²) in [6, 6.07) is 7.22. The zero-order chi connectivity index (χ0) is 18.3. The Morgan fingerprint density at radius 2 is 2.08 bits per heavy atom. The Morgan fingerprint density at radius 3 is 2.81 bits per heavy atom. The number of benzene rings is 1. The molecule has 1 aromatic rings. The molecule has 0 fully saturated rings. The van der Waals surface area contributed by atoms with Gasteiger partial charge in [-0.2, -0.15) is 0 Å². The molecule has 1 amide bonds. The van der Waals surface area contributed by atoms with Crippen LogP contribution in [0, 0.1) is 5.92 Å². The lowest BCUT2D eigenvalue weighted by molar-refractivity contribution is -0.564. The summed E-state index contributed by atoms with van der Waals surface area (Å²) < 4.78 is 0. The molecular formula is C22H32N3O+. The first kappa shape index (κ1) is 17.7. The third kappa shape index (κ3) is 2.80. The van der Waals surface area contributed by atoms with Gasteiger partial charge in [0.2, 0.25) is 5.91 Å². The first-order valence-corrected chi connectivity index (χ1v) is 10.4. The zero-order valence-corrected chi connectivity index (χ0v) is 16.4. The molecule has 26 heavy (non-hydrogen) atoms. The third-order valence-corrected chi connectivity index (χ3v) is 6.50. The van der Waals surface area contributed by atoms with Gasteiger partial charge in [-0.1, -0.05) is 25.1 Å². The Hall–Kier alpha value is -1.65. The number of hydrogen-bond donors (Lipinski definition) is 1. The number of nitrogens with zero attached hydrogens (tertiary/aromatic N) is 2. The summed E-state index contributed by atoms with van der Waals surface area (Å²) in [7, 11) is 0. The molecule has 140 valence electrons. The number of quaternary nitrogens is 1. The van der Waals surface area contributed by atoms with E-state index < -0.39 is 0 Å². The van der Waals surface area contributed by atoms with Gasteiger partial charge in [0.05, 0.1) is 12.5 Å². The average Bonchev–Trinajstić information content (AvgIpc) is 3.08. The van der Waals surface area contributed by atoms with E-state index in [0.29, 0.717) is 17.9 Å². The van der Waals surface area contributed by atoms with Gasteiger partial charge in [0.15, 0.2) is 0 Å². The van der Waals surface area contributed by atoms with Crippen molar-refractivity contribution < 1.29 is 10.1 Å². The molecule has 4 heteroatoms. The summed E-state index contributed by atoms with van der Waals surface area (Å²) in [6.07, 6.45) is 4.67. The molecule has 2 heterocycles. The van der Waals surface area contributed by atoms with Crippen molar-refractivity contribution in [1.29, 1.82) is 0 Å². The predicted octanol–water partition coefficient (Wildman–Crippen LogP) is 2.34. The van der Waals surface area contributed by atoms with Gasteiger partial charge in [-0.3, -0.25) is 9.69 Å². The average molecular weight is 355 g/mol. The third-order valence-electron chi connectivity index (χ3n) is 6.50. The highest BCUT2D eigenvalue weighted by Crippen LogP contribution is 2.46. The molecule has 1 aromatic carbocycles. The van der Waals surface area contributed by atoms with Crippen LogP contribution in [0.1, 0.15) is 50.7 Å². The Kier molecular flexibility index (Phi) is 4.89. The molecule has 0 spiro atoms. The maximum absolute atomic E-state index is 13.1. The number of amides is 1. The minimum absolute atomic E-state index is 0.00881. The minimum atomic E-state index is -0.00881. The van der Waals surface area contributed by atoms with Gasteiger partial charge in [0.1, 0.15) is 5.69 Å². The Bertz CT molecular complexity index is 722. The van der Waals surface area contributed by atoms with Crippen LogP contribution in [-0.2, 0) is 4.79 Å². The Balaban J connectivity index is 1.76. The van der Waals surface area contributed by atoms with Crippen LogP contribution in [0.25, 0.3) is 5.57 Å². The van der Waals surface area contributed by atoms with E-state index in [2.05, 4.69) is 55.3 Å². The standard InChI is InChI=1S/C22H31N3O/c1-4-10-25-14-16(22(26)24(5-2)6-3)11-18-17-8-7-9-19-21(17)15(13-23-19)12-20(18)25/h7-9,11,15-16,20,23H,4-6,10,12-14H2,1-3H3/p+1/t15?,16-,20-/m1/s1. The number of nitrogens with two attached hydrogens (primary N) is 1. The number of carbonyl (C=O) groups is 1. The van der Waals surface area contributed by atoms with E-state index in [1.807, 2.05) is 4.90 Å². The Morgan fingerprint density at radius 1 is 1.27 bits per heavy atom. The lowest BCUT2D eigenvalue weighted by Crippen LogP contribution is -2.76. The first-order valence-electron chi connectivity index (χ1n) is 10.4. The highest BCUT2D eigenvalue weighted by Gasteiger charge is 2.43. The second-order valence-corrected chi connectivity index (χ2v) is 7.93. The maximum Gasteiger partial charge on any atom is 0.230 e. The van der Waals surface area contributed by atoms with E-state index in [9.17, 15) is 4.79 Å².